The van der Waals surface area contributed by atoms with E-state index in [0.29, 0.717) is 30.8 Å². The molecule has 130 valence electrons. The minimum absolute atomic E-state index is 0.150. The average Bonchev–Trinajstić information content (AvgIpc) is 2.90. The van der Waals surface area contributed by atoms with Crippen LogP contribution in [0.3, 0.4) is 0 Å². The lowest BCUT2D eigenvalue weighted by atomic mass is 9.86. The van der Waals surface area contributed by atoms with Gasteiger partial charge >= 0.3 is 0 Å². The van der Waals surface area contributed by atoms with Crippen LogP contribution in [0.15, 0.2) is 18.2 Å². The highest BCUT2D eigenvalue weighted by Crippen LogP contribution is 2.27. The number of carbonyl (C=O) groups is 1. The Labute approximate surface area is 139 Å². The smallest absolute Gasteiger partial charge is 0.270 e. The molecule has 1 aromatic carbocycles. The number of benzene rings is 1. The third-order valence-electron chi connectivity index (χ3n) is 4.57. The third-order valence-corrected chi connectivity index (χ3v) is 4.57. The summed E-state index contributed by atoms with van der Waals surface area (Å²) < 4.78 is 27.0. The van der Waals surface area contributed by atoms with Crippen molar-refractivity contribution in [2.75, 3.05) is 13.1 Å². The SMILES string of the molecule is CC(C)(O)CC1CCN(C(=O)c2cc3cc(F)cc(F)c3[nH]2)CC1. The van der Waals surface area contributed by atoms with E-state index in [2.05, 4.69) is 4.98 Å². The highest BCUT2D eigenvalue weighted by atomic mass is 19.1. The van der Waals surface area contributed by atoms with E-state index < -0.39 is 17.2 Å². The molecule has 1 aliphatic rings. The molecule has 3 rings (SSSR count). The summed E-state index contributed by atoms with van der Waals surface area (Å²) in [5, 5.41) is 10.3. The van der Waals surface area contributed by atoms with Crippen molar-refractivity contribution in [2.45, 2.75) is 38.7 Å². The quantitative estimate of drug-likeness (QED) is 0.902. The summed E-state index contributed by atoms with van der Waals surface area (Å²) in [6.45, 7) is 4.79. The molecule has 1 amide bonds. The highest BCUT2D eigenvalue weighted by molar-refractivity contribution is 5.98. The van der Waals surface area contributed by atoms with Crippen molar-refractivity contribution in [1.29, 1.82) is 0 Å². The average molecular weight is 336 g/mol. The number of rotatable bonds is 3. The predicted molar refractivity (Wildman–Crippen MR) is 87.8 cm³/mol. The van der Waals surface area contributed by atoms with Gasteiger partial charge in [-0.05, 0) is 51.2 Å². The zero-order valence-corrected chi connectivity index (χ0v) is 13.9. The standard InChI is InChI=1S/C18H22F2N2O2/c1-18(2,24)10-11-3-5-22(6-4-11)17(23)15-8-12-7-13(19)9-14(20)16(12)21-15/h7-9,11,21,24H,3-6,10H2,1-2H3. The second-order valence-corrected chi connectivity index (χ2v) is 7.29. The fourth-order valence-corrected chi connectivity index (χ4v) is 3.50. The normalized spacial score (nSPS) is 16.8. The molecule has 0 unspecified atom stereocenters. The van der Waals surface area contributed by atoms with E-state index >= 15 is 0 Å². The van der Waals surface area contributed by atoms with Crippen molar-refractivity contribution in [3.63, 3.8) is 0 Å². The van der Waals surface area contributed by atoms with Gasteiger partial charge in [0.15, 0.2) is 0 Å². The number of aromatic amines is 1. The first kappa shape index (κ1) is 16.9. The number of hydrogen-bond donors (Lipinski definition) is 2. The minimum Gasteiger partial charge on any atom is -0.390 e. The Morgan fingerprint density at radius 3 is 2.58 bits per heavy atom. The molecule has 24 heavy (non-hydrogen) atoms. The Kier molecular flexibility index (Phi) is 4.34. The molecule has 6 heteroatoms. The summed E-state index contributed by atoms with van der Waals surface area (Å²) >= 11 is 0. The Bertz CT molecular complexity index is 756. The van der Waals surface area contributed by atoms with Gasteiger partial charge in [-0.15, -0.1) is 0 Å². The lowest BCUT2D eigenvalue weighted by Gasteiger charge is -2.34. The van der Waals surface area contributed by atoms with Gasteiger partial charge in [-0.25, -0.2) is 8.78 Å². The molecule has 4 nitrogen and oxygen atoms in total. The van der Waals surface area contributed by atoms with Crippen molar-refractivity contribution in [2.24, 2.45) is 5.92 Å². The number of amides is 1. The number of nitrogens with one attached hydrogen (secondary N) is 1. The number of hydrogen-bond acceptors (Lipinski definition) is 2. The van der Waals surface area contributed by atoms with Crippen LogP contribution in [0.2, 0.25) is 0 Å². The number of likely N-dealkylation sites (tertiary alicyclic amines) is 1. The molecule has 1 aromatic heterocycles. The molecular weight excluding hydrogens is 314 g/mol. The van der Waals surface area contributed by atoms with Gasteiger partial charge in [0.25, 0.3) is 5.91 Å². The molecular formula is C18H22F2N2O2. The number of aliphatic hydroxyl groups is 1. The third kappa shape index (κ3) is 3.59. The maximum atomic E-state index is 13.8. The van der Waals surface area contributed by atoms with E-state index in [4.69, 9.17) is 0 Å². The van der Waals surface area contributed by atoms with Crippen LogP contribution in [0.4, 0.5) is 8.78 Å². The highest BCUT2D eigenvalue weighted by Gasteiger charge is 2.28. The van der Waals surface area contributed by atoms with E-state index in [1.807, 2.05) is 0 Å². The summed E-state index contributed by atoms with van der Waals surface area (Å²) in [6.07, 6.45) is 2.38. The predicted octanol–water partition coefficient (Wildman–Crippen LogP) is 3.46. The van der Waals surface area contributed by atoms with Crippen molar-refractivity contribution in [3.8, 4) is 0 Å². The second-order valence-electron chi connectivity index (χ2n) is 7.29. The fraction of sp³-hybridized carbons (Fsp3) is 0.500. The van der Waals surface area contributed by atoms with Crippen molar-refractivity contribution in [1.82, 2.24) is 9.88 Å². The molecule has 1 aliphatic heterocycles. The molecule has 0 saturated carbocycles. The number of H-pyrrole nitrogens is 1. The summed E-state index contributed by atoms with van der Waals surface area (Å²) in [5.74, 6) is -1.17. The van der Waals surface area contributed by atoms with Gasteiger partial charge < -0.3 is 15.0 Å². The van der Waals surface area contributed by atoms with Crippen LogP contribution in [0.25, 0.3) is 10.9 Å². The molecule has 2 aromatic rings. The Morgan fingerprint density at radius 2 is 1.96 bits per heavy atom. The van der Waals surface area contributed by atoms with Crippen LogP contribution >= 0.6 is 0 Å². The zero-order chi connectivity index (χ0) is 17.5. The largest absolute Gasteiger partial charge is 0.390 e. The van der Waals surface area contributed by atoms with Gasteiger partial charge in [-0.3, -0.25) is 4.79 Å². The zero-order valence-electron chi connectivity index (χ0n) is 13.9. The number of piperidine rings is 1. The minimum atomic E-state index is -0.701. The van der Waals surface area contributed by atoms with Crippen molar-refractivity contribution >= 4 is 16.8 Å². The summed E-state index contributed by atoms with van der Waals surface area (Å²) in [5.41, 5.74) is -0.276. The molecule has 0 aliphatic carbocycles. The van der Waals surface area contributed by atoms with Crippen LogP contribution < -0.4 is 0 Å². The van der Waals surface area contributed by atoms with Gasteiger partial charge in [0, 0.05) is 24.5 Å². The number of fused-ring (bicyclic) bond motifs is 1. The Morgan fingerprint density at radius 1 is 1.29 bits per heavy atom. The molecule has 0 spiro atoms. The van der Waals surface area contributed by atoms with Crippen molar-refractivity contribution in [3.05, 3.63) is 35.5 Å². The van der Waals surface area contributed by atoms with Gasteiger partial charge in [0.1, 0.15) is 17.3 Å². The van der Waals surface area contributed by atoms with E-state index in [1.54, 1.807) is 18.7 Å². The van der Waals surface area contributed by atoms with Gasteiger partial charge in [0.2, 0.25) is 0 Å². The van der Waals surface area contributed by atoms with Gasteiger partial charge in [0.05, 0.1) is 11.1 Å². The maximum absolute atomic E-state index is 13.8. The van der Waals surface area contributed by atoms with E-state index in [-0.39, 0.29) is 17.1 Å². The van der Waals surface area contributed by atoms with Crippen molar-refractivity contribution < 1.29 is 18.7 Å². The van der Waals surface area contributed by atoms with Crippen LogP contribution in [-0.2, 0) is 0 Å². The Hall–Kier alpha value is -1.95. The molecule has 0 radical (unpaired) electrons. The lowest BCUT2D eigenvalue weighted by Crippen LogP contribution is -2.40. The molecule has 0 bridgehead atoms. The van der Waals surface area contributed by atoms with E-state index in [0.717, 1.165) is 18.9 Å². The molecule has 1 fully saturated rings. The first-order chi connectivity index (χ1) is 11.2. The molecule has 2 heterocycles. The molecule has 2 N–H and O–H groups in total. The van der Waals surface area contributed by atoms with Crippen LogP contribution in [0.1, 0.15) is 43.6 Å². The number of aromatic nitrogens is 1. The molecule has 0 atom stereocenters. The summed E-state index contributed by atoms with van der Waals surface area (Å²) in [4.78, 5) is 17.1. The Balaban J connectivity index is 1.71. The maximum Gasteiger partial charge on any atom is 0.270 e. The monoisotopic (exact) mass is 336 g/mol. The summed E-state index contributed by atoms with van der Waals surface area (Å²) in [6, 6.07) is 3.50. The first-order valence-electron chi connectivity index (χ1n) is 8.22. The van der Waals surface area contributed by atoms with Crippen LogP contribution in [0.5, 0.6) is 0 Å². The van der Waals surface area contributed by atoms with E-state index in [9.17, 15) is 18.7 Å². The van der Waals surface area contributed by atoms with Gasteiger partial charge in [-0.2, -0.15) is 0 Å². The fourth-order valence-electron chi connectivity index (χ4n) is 3.50. The summed E-state index contributed by atoms with van der Waals surface area (Å²) in [7, 11) is 0. The van der Waals surface area contributed by atoms with Gasteiger partial charge in [-0.1, -0.05) is 0 Å². The number of nitrogens with zero attached hydrogens (tertiary/aromatic N) is 1. The number of halogens is 2. The van der Waals surface area contributed by atoms with Crippen LogP contribution in [-0.4, -0.2) is 39.6 Å². The lowest BCUT2D eigenvalue weighted by molar-refractivity contribution is 0.0357. The van der Waals surface area contributed by atoms with E-state index in [1.165, 1.54) is 12.1 Å². The second kappa shape index (κ2) is 6.16. The number of carbonyl (C=O) groups excluding carboxylic acids is 1. The molecule has 1 saturated heterocycles. The van der Waals surface area contributed by atoms with Crippen LogP contribution in [0, 0.1) is 17.6 Å². The first-order valence-corrected chi connectivity index (χ1v) is 8.22. The topological polar surface area (TPSA) is 56.3 Å².